The second-order valence-electron chi connectivity index (χ2n) is 6.50. The third-order valence-electron chi connectivity index (χ3n) is 4.95. The zero-order valence-electron chi connectivity index (χ0n) is 15.0. The van der Waals surface area contributed by atoms with Crippen LogP contribution in [0.5, 0.6) is 0 Å². The Morgan fingerprint density at radius 2 is 2.27 bits per heavy atom. The zero-order valence-corrected chi connectivity index (χ0v) is 15.0. The fourth-order valence-electron chi connectivity index (χ4n) is 3.55. The first-order valence-corrected chi connectivity index (χ1v) is 8.70. The van der Waals surface area contributed by atoms with Gasteiger partial charge in [-0.25, -0.2) is 0 Å². The van der Waals surface area contributed by atoms with Crippen LogP contribution in [0.25, 0.3) is 5.65 Å². The minimum atomic E-state index is -0.236. The predicted octanol–water partition coefficient (Wildman–Crippen LogP) is 2.19. The van der Waals surface area contributed by atoms with Crippen LogP contribution < -0.4 is 0 Å². The molecule has 0 radical (unpaired) electrons. The van der Waals surface area contributed by atoms with Gasteiger partial charge in [0.05, 0.1) is 18.3 Å². The number of furan rings is 1. The van der Waals surface area contributed by atoms with E-state index < -0.39 is 0 Å². The fourth-order valence-corrected chi connectivity index (χ4v) is 3.55. The normalized spacial score (nSPS) is 20.2. The summed E-state index contributed by atoms with van der Waals surface area (Å²) in [5.41, 5.74) is 1.65. The van der Waals surface area contributed by atoms with E-state index in [2.05, 4.69) is 15.2 Å². The lowest BCUT2D eigenvalue weighted by Crippen LogP contribution is -2.32. The summed E-state index contributed by atoms with van der Waals surface area (Å²) in [7, 11) is 1.66. The largest absolute Gasteiger partial charge is 0.456 e. The molecule has 1 aliphatic rings. The summed E-state index contributed by atoms with van der Waals surface area (Å²) in [6.45, 7) is 4.45. The summed E-state index contributed by atoms with van der Waals surface area (Å²) in [4.78, 5) is 19.0. The molecule has 2 atom stereocenters. The number of aryl methyl sites for hydroxylation is 2. The number of likely N-dealkylation sites (tertiary alicyclic amines) is 1. The maximum Gasteiger partial charge on any atom is 0.290 e. The molecule has 136 valence electrons. The number of amides is 1. The van der Waals surface area contributed by atoms with Crippen LogP contribution in [0.15, 0.2) is 29.1 Å². The smallest absolute Gasteiger partial charge is 0.290 e. The van der Waals surface area contributed by atoms with Crippen LogP contribution in [0.3, 0.4) is 0 Å². The zero-order chi connectivity index (χ0) is 18.3. The Balaban J connectivity index is 1.71. The van der Waals surface area contributed by atoms with Crippen molar-refractivity contribution in [3.8, 4) is 0 Å². The molecule has 8 nitrogen and oxygen atoms in total. The lowest BCUT2D eigenvalue weighted by atomic mass is 10.2. The Kier molecular flexibility index (Phi) is 4.20. The number of carbonyl (C=O) groups excluding carboxylic acids is 1. The highest BCUT2D eigenvalue weighted by molar-refractivity contribution is 5.92. The summed E-state index contributed by atoms with van der Waals surface area (Å²) in [5, 5.41) is 8.46. The van der Waals surface area contributed by atoms with Crippen LogP contribution in [-0.2, 0) is 11.2 Å². The van der Waals surface area contributed by atoms with Crippen LogP contribution in [-0.4, -0.2) is 50.1 Å². The van der Waals surface area contributed by atoms with Crippen molar-refractivity contribution in [2.24, 2.45) is 0 Å². The van der Waals surface area contributed by atoms with Crippen molar-refractivity contribution in [3.63, 3.8) is 0 Å². The number of hydrogen-bond donors (Lipinski definition) is 0. The molecule has 0 aliphatic carbocycles. The summed E-state index contributed by atoms with van der Waals surface area (Å²) in [5.74, 6) is 1.75. The first-order valence-electron chi connectivity index (χ1n) is 8.70. The van der Waals surface area contributed by atoms with Gasteiger partial charge in [-0.05, 0) is 18.6 Å². The molecule has 3 aromatic rings. The van der Waals surface area contributed by atoms with Crippen molar-refractivity contribution in [2.75, 3.05) is 13.7 Å². The standard InChI is InChI=1S/C18H21N5O3/c1-4-14-11(2)7-15(26-14)18(24)23-10-12(25-3)8-13(23)17-21-20-16-9-19-5-6-22(16)17/h5-7,9,12-13H,4,8,10H2,1-3H3/t12-,13+/m1/s1. The lowest BCUT2D eigenvalue weighted by Gasteiger charge is -2.22. The number of hydrogen-bond acceptors (Lipinski definition) is 6. The molecule has 4 rings (SSSR count). The van der Waals surface area contributed by atoms with Gasteiger partial charge in [-0.15, -0.1) is 10.2 Å². The molecule has 1 fully saturated rings. The summed E-state index contributed by atoms with van der Waals surface area (Å²) >= 11 is 0. The summed E-state index contributed by atoms with van der Waals surface area (Å²) < 4.78 is 13.2. The van der Waals surface area contributed by atoms with E-state index in [0.717, 1.165) is 17.7 Å². The molecule has 0 bridgehead atoms. The Morgan fingerprint density at radius 1 is 1.42 bits per heavy atom. The van der Waals surface area contributed by atoms with Crippen LogP contribution in [0, 0.1) is 6.92 Å². The molecule has 1 amide bonds. The molecular weight excluding hydrogens is 334 g/mol. The fraction of sp³-hybridized carbons (Fsp3) is 0.444. The van der Waals surface area contributed by atoms with E-state index in [4.69, 9.17) is 9.15 Å². The molecule has 0 aromatic carbocycles. The van der Waals surface area contributed by atoms with Crippen molar-refractivity contribution in [1.82, 2.24) is 24.5 Å². The molecule has 1 saturated heterocycles. The van der Waals surface area contributed by atoms with Crippen molar-refractivity contribution in [3.05, 3.63) is 47.6 Å². The van der Waals surface area contributed by atoms with Crippen LogP contribution >= 0.6 is 0 Å². The van der Waals surface area contributed by atoms with E-state index in [1.807, 2.05) is 24.3 Å². The number of nitrogens with zero attached hydrogens (tertiary/aromatic N) is 5. The van der Waals surface area contributed by atoms with Gasteiger partial charge in [0.15, 0.2) is 17.2 Å². The van der Waals surface area contributed by atoms with Gasteiger partial charge in [0.2, 0.25) is 0 Å². The predicted molar refractivity (Wildman–Crippen MR) is 92.8 cm³/mol. The third-order valence-corrected chi connectivity index (χ3v) is 4.95. The highest BCUT2D eigenvalue weighted by atomic mass is 16.5. The minimum absolute atomic E-state index is 0.0557. The Hall–Kier alpha value is -2.74. The first kappa shape index (κ1) is 16.7. The van der Waals surface area contributed by atoms with Crippen LogP contribution in [0.4, 0.5) is 0 Å². The second kappa shape index (κ2) is 6.53. The average molecular weight is 355 g/mol. The number of methoxy groups -OCH3 is 1. The van der Waals surface area contributed by atoms with Gasteiger partial charge >= 0.3 is 0 Å². The Morgan fingerprint density at radius 3 is 3.00 bits per heavy atom. The molecule has 3 aromatic heterocycles. The lowest BCUT2D eigenvalue weighted by molar-refractivity contribution is 0.0652. The van der Waals surface area contributed by atoms with E-state index in [-0.39, 0.29) is 18.1 Å². The molecular formula is C18H21N5O3. The Labute approximate surface area is 150 Å². The quantitative estimate of drug-likeness (QED) is 0.713. The highest BCUT2D eigenvalue weighted by Gasteiger charge is 2.40. The maximum atomic E-state index is 13.1. The third kappa shape index (κ3) is 2.66. The average Bonchev–Trinajstić information content (AvgIpc) is 3.36. The molecule has 0 unspecified atom stereocenters. The number of aromatic nitrogens is 4. The number of ether oxygens (including phenoxy) is 1. The molecule has 0 saturated carbocycles. The summed E-state index contributed by atoms with van der Waals surface area (Å²) in [6, 6.07) is 1.57. The molecule has 4 heterocycles. The molecule has 0 spiro atoms. The van der Waals surface area contributed by atoms with Gasteiger partial charge in [0.25, 0.3) is 5.91 Å². The van der Waals surface area contributed by atoms with Gasteiger partial charge < -0.3 is 14.1 Å². The van der Waals surface area contributed by atoms with Crippen LogP contribution in [0.1, 0.15) is 47.1 Å². The molecule has 1 aliphatic heterocycles. The van der Waals surface area contributed by atoms with Gasteiger partial charge in [0, 0.05) is 38.9 Å². The van der Waals surface area contributed by atoms with E-state index in [1.165, 1.54) is 0 Å². The minimum Gasteiger partial charge on any atom is -0.456 e. The van der Waals surface area contributed by atoms with Gasteiger partial charge in [-0.2, -0.15) is 0 Å². The van der Waals surface area contributed by atoms with Gasteiger partial charge in [-0.1, -0.05) is 6.92 Å². The SMILES string of the molecule is CCc1oc(C(=O)N2C[C@H](OC)C[C@H]2c2nnc3cnccn23)cc1C. The molecule has 8 heteroatoms. The first-order chi connectivity index (χ1) is 12.6. The van der Waals surface area contributed by atoms with E-state index >= 15 is 0 Å². The number of fused-ring (bicyclic) bond motifs is 1. The molecule has 0 N–H and O–H groups in total. The monoisotopic (exact) mass is 355 g/mol. The van der Waals surface area contributed by atoms with Crippen molar-refractivity contribution < 1.29 is 13.9 Å². The highest BCUT2D eigenvalue weighted by Crippen LogP contribution is 2.34. The second-order valence-corrected chi connectivity index (χ2v) is 6.50. The van der Waals surface area contributed by atoms with Crippen LogP contribution in [0.2, 0.25) is 0 Å². The van der Waals surface area contributed by atoms with Gasteiger partial charge in [-0.3, -0.25) is 14.2 Å². The van der Waals surface area contributed by atoms with Crippen molar-refractivity contribution in [1.29, 1.82) is 0 Å². The van der Waals surface area contributed by atoms with Gasteiger partial charge in [0.1, 0.15) is 5.76 Å². The topological polar surface area (TPSA) is 85.8 Å². The number of carbonyl (C=O) groups is 1. The summed E-state index contributed by atoms with van der Waals surface area (Å²) in [6.07, 6.45) is 6.49. The van der Waals surface area contributed by atoms with Crippen molar-refractivity contribution in [2.45, 2.75) is 38.8 Å². The van der Waals surface area contributed by atoms with E-state index in [1.54, 1.807) is 30.6 Å². The van der Waals surface area contributed by atoms with E-state index in [9.17, 15) is 4.79 Å². The Bertz CT molecular complexity index is 947. The maximum absolute atomic E-state index is 13.1. The number of rotatable bonds is 4. The van der Waals surface area contributed by atoms with Crippen molar-refractivity contribution >= 4 is 11.6 Å². The molecule has 26 heavy (non-hydrogen) atoms. The van der Waals surface area contributed by atoms with E-state index in [0.29, 0.717) is 30.2 Å².